The van der Waals surface area contributed by atoms with E-state index in [-0.39, 0.29) is 12.5 Å². The number of halogens is 2. The minimum atomic E-state index is -0.123. The molecule has 18 heavy (non-hydrogen) atoms. The van der Waals surface area contributed by atoms with Crippen molar-refractivity contribution in [1.29, 1.82) is 0 Å². The average Bonchev–Trinajstić information content (AvgIpc) is 2.36. The predicted octanol–water partition coefficient (Wildman–Crippen LogP) is 3.79. The number of amides is 1. The highest BCUT2D eigenvalue weighted by Gasteiger charge is 2.05. The van der Waals surface area contributed by atoms with Crippen molar-refractivity contribution in [2.75, 3.05) is 13.2 Å². The van der Waals surface area contributed by atoms with Gasteiger partial charge in [0.25, 0.3) is 5.91 Å². The lowest BCUT2D eigenvalue weighted by molar-refractivity contribution is -0.123. The lowest BCUT2D eigenvalue weighted by Gasteiger charge is -2.09. The normalized spacial score (nSPS) is 10.2. The van der Waals surface area contributed by atoms with Gasteiger partial charge in [0.1, 0.15) is 5.75 Å². The first-order valence-electron chi connectivity index (χ1n) is 5.98. The second-order valence-electron chi connectivity index (χ2n) is 3.92. The van der Waals surface area contributed by atoms with Crippen molar-refractivity contribution in [3.63, 3.8) is 0 Å². The molecule has 0 radical (unpaired) electrons. The molecular formula is C13H17BrClNO2. The molecule has 0 heterocycles. The average molecular weight is 335 g/mol. The summed E-state index contributed by atoms with van der Waals surface area (Å²) in [6.45, 7) is 2.81. The van der Waals surface area contributed by atoms with E-state index in [9.17, 15) is 4.79 Å². The van der Waals surface area contributed by atoms with Crippen LogP contribution in [-0.2, 0) is 4.79 Å². The first kappa shape index (κ1) is 15.3. The first-order chi connectivity index (χ1) is 8.63. The van der Waals surface area contributed by atoms with Crippen molar-refractivity contribution in [1.82, 2.24) is 5.32 Å². The van der Waals surface area contributed by atoms with Crippen LogP contribution in [0.25, 0.3) is 0 Å². The van der Waals surface area contributed by atoms with Crippen molar-refractivity contribution in [3.8, 4) is 5.75 Å². The van der Waals surface area contributed by atoms with E-state index in [1.165, 1.54) is 0 Å². The van der Waals surface area contributed by atoms with Crippen LogP contribution in [-0.4, -0.2) is 19.1 Å². The highest BCUT2D eigenvalue weighted by Crippen LogP contribution is 2.27. The largest absolute Gasteiger partial charge is 0.482 e. The number of ether oxygens (including phenoxy) is 1. The molecule has 1 amide bonds. The van der Waals surface area contributed by atoms with Crippen molar-refractivity contribution >= 4 is 33.4 Å². The number of carbonyl (C=O) groups is 1. The molecule has 5 heteroatoms. The molecule has 0 aliphatic heterocycles. The standard InChI is InChI=1S/C13H17BrClNO2/c1-2-3-4-7-16-13(17)9-18-12-8-10(14)5-6-11(12)15/h5-6,8H,2-4,7,9H2,1H3,(H,16,17). The molecule has 0 bridgehead atoms. The van der Waals surface area contributed by atoms with Gasteiger partial charge in [-0.05, 0) is 24.6 Å². The number of carbonyl (C=O) groups excluding carboxylic acids is 1. The summed E-state index contributed by atoms with van der Waals surface area (Å²) in [5, 5.41) is 3.30. The minimum absolute atomic E-state index is 0.0116. The Labute approximate surface area is 121 Å². The molecule has 0 aliphatic carbocycles. The van der Waals surface area contributed by atoms with E-state index in [2.05, 4.69) is 28.2 Å². The molecule has 0 unspecified atom stereocenters. The summed E-state index contributed by atoms with van der Waals surface area (Å²) in [7, 11) is 0. The van der Waals surface area contributed by atoms with Gasteiger partial charge in [0.05, 0.1) is 5.02 Å². The Kier molecular flexibility index (Phi) is 7.13. The van der Waals surface area contributed by atoms with E-state index in [0.29, 0.717) is 17.3 Å². The van der Waals surface area contributed by atoms with Crippen LogP contribution in [0, 0.1) is 0 Å². The van der Waals surface area contributed by atoms with Gasteiger partial charge < -0.3 is 10.1 Å². The van der Waals surface area contributed by atoms with Crippen molar-refractivity contribution in [2.24, 2.45) is 0 Å². The van der Waals surface area contributed by atoms with E-state index >= 15 is 0 Å². The smallest absolute Gasteiger partial charge is 0.257 e. The third-order valence-corrected chi connectivity index (χ3v) is 3.16. The third-order valence-electron chi connectivity index (χ3n) is 2.35. The van der Waals surface area contributed by atoms with Gasteiger partial charge in [-0.1, -0.05) is 47.3 Å². The number of unbranched alkanes of at least 4 members (excludes halogenated alkanes) is 2. The molecular weight excluding hydrogens is 318 g/mol. The van der Waals surface area contributed by atoms with Crippen LogP contribution in [0.5, 0.6) is 5.75 Å². The topological polar surface area (TPSA) is 38.3 Å². The van der Waals surface area contributed by atoms with Crippen LogP contribution >= 0.6 is 27.5 Å². The quantitative estimate of drug-likeness (QED) is 0.771. The van der Waals surface area contributed by atoms with Crippen LogP contribution in [0.15, 0.2) is 22.7 Å². The Bertz CT molecular complexity index is 399. The molecule has 0 spiro atoms. The Morgan fingerprint density at radius 1 is 1.44 bits per heavy atom. The molecule has 1 N–H and O–H groups in total. The molecule has 3 nitrogen and oxygen atoms in total. The van der Waals surface area contributed by atoms with E-state index in [0.717, 1.165) is 23.7 Å². The Hall–Kier alpha value is -0.740. The first-order valence-corrected chi connectivity index (χ1v) is 7.15. The van der Waals surface area contributed by atoms with E-state index < -0.39 is 0 Å². The number of benzene rings is 1. The number of hydrogen-bond donors (Lipinski definition) is 1. The van der Waals surface area contributed by atoms with Gasteiger partial charge in [-0.25, -0.2) is 0 Å². The van der Waals surface area contributed by atoms with E-state index in [4.69, 9.17) is 16.3 Å². The van der Waals surface area contributed by atoms with Crippen molar-refractivity contribution in [3.05, 3.63) is 27.7 Å². The molecule has 1 aromatic rings. The maximum atomic E-state index is 11.5. The van der Waals surface area contributed by atoms with Gasteiger partial charge in [-0.15, -0.1) is 0 Å². The zero-order valence-corrected chi connectivity index (χ0v) is 12.7. The molecule has 0 aliphatic rings. The van der Waals surface area contributed by atoms with Gasteiger partial charge >= 0.3 is 0 Å². The van der Waals surface area contributed by atoms with Gasteiger partial charge in [0.2, 0.25) is 0 Å². The lowest BCUT2D eigenvalue weighted by Crippen LogP contribution is -2.29. The summed E-state index contributed by atoms with van der Waals surface area (Å²) in [6.07, 6.45) is 3.26. The number of nitrogens with one attached hydrogen (secondary N) is 1. The zero-order chi connectivity index (χ0) is 13.4. The number of hydrogen-bond acceptors (Lipinski definition) is 2. The fourth-order valence-corrected chi connectivity index (χ4v) is 1.90. The fourth-order valence-electron chi connectivity index (χ4n) is 1.38. The molecule has 100 valence electrons. The molecule has 0 saturated heterocycles. The maximum absolute atomic E-state index is 11.5. The second kappa shape index (κ2) is 8.38. The summed E-state index contributed by atoms with van der Waals surface area (Å²) in [4.78, 5) is 11.5. The minimum Gasteiger partial charge on any atom is -0.482 e. The van der Waals surface area contributed by atoms with Crippen molar-refractivity contribution < 1.29 is 9.53 Å². The van der Waals surface area contributed by atoms with Gasteiger partial charge in [-0.3, -0.25) is 4.79 Å². The van der Waals surface area contributed by atoms with Gasteiger partial charge in [-0.2, -0.15) is 0 Å². The third kappa shape index (κ3) is 5.74. The van der Waals surface area contributed by atoms with E-state index in [1.807, 2.05) is 6.07 Å². The van der Waals surface area contributed by atoms with Crippen LogP contribution in [0.3, 0.4) is 0 Å². The van der Waals surface area contributed by atoms with Crippen LogP contribution in [0.2, 0.25) is 5.02 Å². The Morgan fingerprint density at radius 2 is 2.22 bits per heavy atom. The zero-order valence-electron chi connectivity index (χ0n) is 10.3. The van der Waals surface area contributed by atoms with Gasteiger partial charge in [0.15, 0.2) is 6.61 Å². The molecule has 0 saturated carbocycles. The van der Waals surface area contributed by atoms with Crippen LogP contribution in [0.1, 0.15) is 26.2 Å². The molecule has 0 atom stereocenters. The molecule has 0 fully saturated rings. The van der Waals surface area contributed by atoms with E-state index in [1.54, 1.807) is 12.1 Å². The number of rotatable bonds is 7. The SMILES string of the molecule is CCCCCNC(=O)COc1cc(Br)ccc1Cl. The molecule has 0 aromatic heterocycles. The lowest BCUT2D eigenvalue weighted by atomic mass is 10.2. The maximum Gasteiger partial charge on any atom is 0.257 e. The summed E-state index contributed by atoms with van der Waals surface area (Å²) in [6, 6.07) is 5.28. The summed E-state index contributed by atoms with van der Waals surface area (Å²) >= 11 is 9.27. The summed E-state index contributed by atoms with van der Waals surface area (Å²) < 4.78 is 6.23. The van der Waals surface area contributed by atoms with Crippen LogP contribution < -0.4 is 10.1 Å². The summed E-state index contributed by atoms with van der Waals surface area (Å²) in [5.74, 6) is 0.386. The fraction of sp³-hybridized carbons (Fsp3) is 0.462. The Morgan fingerprint density at radius 3 is 2.94 bits per heavy atom. The highest BCUT2D eigenvalue weighted by molar-refractivity contribution is 9.10. The Balaban J connectivity index is 2.31. The van der Waals surface area contributed by atoms with Gasteiger partial charge in [0, 0.05) is 11.0 Å². The van der Waals surface area contributed by atoms with Crippen LogP contribution in [0.4, 0.5) is 0 Å². The highest BCUT2D eigenvalue weighted by atomic mass is 79.9. The molecule has 1 aromatic carbocycles. The van der Waals surface area contributed by atoms with Crippen molar-refractivity contribution in [2.45, 2.75) is 26.2 Å². The predicted molar refractivity (Wildman–Crippen MR) is 77.2 cm³/mol. The monoisotopic (exact) mass is 333 g/mol. The molecule has 1 rings (SSSR count). The summed E-state index contributed by atoms with van der Waals surface area (Å²) in [5.41, 5.74) is 0. The second-order valence-corrected chi connectivity index (χ2v) is 5.24.